The van der Waals surface area contributed by atoms with Crippen molar-refractivity contribution in [1.82, 2.24) is 0 Å². The molecule has 0 aromatic heterocycles. The van der Waals surface area contributed by atoms with Gasteiger partial charge in [0.05, 0.1) is 0 Å². The number of nitrogens with two attached hydrogens (primary N) is 1. The number of hydrogen-bond acceptors (Lipinski definition) is 3. The van der Waals surface area contributed by atoms with Crippen LogP contribution in [-0.2, 0) is 12.0 Å². The van der Waals surface area contributed by atoms with Gasteiger partial charge in [0.2, 0.25) is 0 Å². The van der Waals surface area contributed by atoms with Crippen LogP contribution in [0.4, 0.5) is 0 Å². The SMILES string of the molecule is Cc1cccc(C(C)(C)C)c1OCCOc1cccc(CN)c1. The van der Waals surface area contributed by atoms with Crippen molar-refractivity contribution in [2.24, 2.45) is 5.73 Å². The maximum absolute atomic E-state index is 6.02. The Morgan fingerprint density at radius 3 is 2.35 bits per heavy atom. The number of hydrogen-bond donors (Lipinski definition) is 1. The third-order valence-corrected chi connectivity index (χ3v) is 3.75. The van der Waals surface area contributed by atoms with Crippen LogP contribution in [-0.4, -0.2) is 13.2 Å². The highest BCUT2D eigenvalue weighted by molar-refractivity contribution is 5.44. The Morgan fingerprint density at radius 1 is 0.957 bits per heavy atom. The Bertz CT molecular complexity index is 644. The van der Waals surface area contributed by atoms with Crippen molar-refractivity contribution < 1.29 is 9.47 Å². The summed E-state index contributed by atoms with van der Waals surface area (Å²) in [6.07, 6.45) is 0. The van der Waals surface area contributed by atoms with Gasteiger partial charge in [-0.2, -0.15) is 0 Å². The van der Waals surface area contributed by atoms with E-state index in [1.807, 2.05) is 24.3 Å². The number of para-hydroxylation sites is 1. The Labute approximate surface area is 139 Å². The second-order valence-corrected chi connectivity index (χ2v) is 6.75. The van der Waals surface area contributed by atoms with Crippen molar-refractivity contribution in [1.29, 1.82) is 0 Å². The molecule has 0 fully saturated rings. The average molecular weight is 313 g/mol. The van der Waals surface area contributed by atoms with Crippen LogP contribution in [0, 0.1) is 6.92 Å². The summed E-state index contributed by atoms with van der Waals surface area (Å²) in [4.78, 5) is 0. The lowest BCUT2D eigenvalue weighted by Crippen LogP contribution is -2.16. The molecule has 2 aromatic rings. The van der Waals surface area contributed by atoms with E-state index in [1.165, 1.54) is 5.56 Å². The van der Waals surface area contributed by atoms with Gasteiger partial charge in [-0.1, -0.05) is 51.1 Å². The third-order valence-electron chi connectivity index (χ3n) is 3.75. The molecule has 0 amide bonds. The predicted molar refractivity (Wildman–Crippen MR) is 95.2 cm³/mol. The van der Waals surface area contributed by atoms with Crippen LogP contribution in [0.15, 0.2) is 42.5 Å². The number of aryl methyl sites for hydroxylation is 1. The molecular weight excluding hydrogens is 286 g/mol. The van der Waals surface area contributed by atoms with E-state index in [-0.39, 0.29) is 5.41 Å². The molecular formula is C20H27NO2. The summed E-state index contributed by atoms with van der Waals surface area (Å²) < 4.78 is 11.8. The molecule has 23 heavy (non-hydrogen) atoms. The Kier molecular flexibility index (Phi) is 5.67. The van der Waals surface area contributed by atoms with Crippen molar-refractivity contribution in [2.75, 3.05) is 13.2 Å². The molecule has 0 aliphatic carbocycles. The molecule has 2 rings (SSSR count). The van der Waals surface area contributed by atoms with Gasteiger partial charge < -0.3 is 15.2 Å². The maximum atomic E-state index is 6.02. The van der Waals surface area contributed by atoms with Gasteiger partial charge in [-0.25, -0.2) is 0 Å². The molecule has 3 nitrogen and oxygen atoms in total. The van der Waals surface area contributed by atoms with Gasteiger partial charge >= 0.3 is 0 Å². The second-order valence-electron chi connectivity index (χ2n) is 6.75. The van der Waals surface area contributed by atoms with E-state index in [9.17, 15) is 0 Å². The Hall–Kier alpha value is -2.00. The Balaban J connectivity index is 1.96. The number of rotatable bonds is 6. The van der Waals surface area contributed by atoms with Crippen LogP contribution in [0.1, 0.15) is 37.5 Å². The minimum absolute atomic E-state index is 0.0532. The third kappa shape index (κ3) is 4.73. The van der Waals surface area contributed by atoms with Crippen molar-refractivity contribution in [2.45, 2.75) is 39.7 Å². The summed E-state index contributed by atoms with van der Waals surface area (Å²) in [5, 5.41) is 0. The number of ether oxygens (including phenoxy) is 2. The average Bonchev–Trinajstić information content (AvgIpc) is 2.52. The van der Waals surface area contributed by atoms with Gasteiger partial charge in [0.1, 0.15) is 24.7 Å². The molecule has 2 N–H and O–H groups in total. The first-order valence-electron chi connectivity index (χ1n) is 8.06. The van der Waals surface area contributed by atoms with Crippen LogP contribution in [0.5, 0.6) is 11.5 Å². The molecule has 0 unspecified atom stereocenters. The smallest absolute Gasteiger partial charge is 0.126 e. The van der Waals surface area contributed by atoms with E-state index in [1.54, 1.807) is 0 Å². The predicted octanol–water partition coefficient (Wildman–Crippen LogP) is 4.21. The first-order valence-corrected chi connectivity index (χ1v) is 8.06. The normalized spacial score (nSPS) is 11.3. The highest BCUT2D eigenvalue weighted by Crippen LogP contribution is 2.33. The summed E-state index contributed by atoms with van der Waals surface area (Å²) in [6, 6.07) is 14.1. The maximum Gasteiger partial charge on any atom is 0.126 e. The molecule has 2 aromatic carbocycles. The zero-order valence-electron chi connectivity index (χ0n) is 14.6. The highest BCUT2D eigenvalue weighted by Gasteiger charge is 2.20. The van der Waals surface area contributed by atoms with Gasteiger partial charge in [0.25, 0.3) is 0 Å². The van der Waals surface area contributed by atoms with Crippen molar-refractivity contribution in [3.8, 4) is 11.5 Å². The van der Waals surface area contributed by atoms with E-state index in [0.717, 1.165) is 22.6 Å². The fraction of sp³-hybridized carbons (Fsp3) is 0.400. The molecule has 3 heteroatoms. The first-order chi connectivity index (χ1) is 10.9. The van der Waals surface area contributed by atoms with E-state index >= 15 is 0 Å². The fourth-order valence-corrected chi connectivity index (χ4v) is 2.50. The molecule has 0 heterocycles. The van der Waals surface area contributed by atoms with Crippen molar-refractivity contribution >= 4 is 0 Å². The molecule has 0 saturated carbocycles. The number of benzene rings is 2. The van der Waals surface area contributed by atoms with E-state index < -0.39 is 0 Å². The largest absolute Gasteiger partial charge is 0.490 e. The van der Waals surface area contributed by atoms with Crippen molar-refractivity contribution in [3.63, 3.8) is 0 Å². The monoisotopic (exact) mass is 313 g/mol. The Morgan fingerprint density at radius 2 is 1.65 bits per heavy atom. The van der Waals surface area contributed by atoms with E-state index in [0.29, 0.717) is 19.8 Å². The zero-order valence-corrected chi connectivity index (χ0v) is 14.6. The van der Waals surface area contributed by atoms with Gasteiger partial charge in [-0.3, -0.25) is 0 Å². The minimum Gasteiger partial charge on any atom is -0.490 e. The molecule has 124 valence electrons. The molecule has 0 aliphatic rings. The highest BCUT2D eigenvalue weighted by atomic mass is 16.5. The molecule has 0 bridgehead atoms. The first kappa shape index (κ1) is 17.4. The zero-order chi connectivity index (χ0) is 16.9. The van der Waals surface area contributed by atoms with Crippen LogP contribution in [0.3, 0.4) is 0 Å². The van der Waals surface area contributed by atoms with Crippen LogP contribution < -0.4 is 15.2 Å². The van der Waals surface area contributed by atoms with Gasteiger partial charge in [-0.05, 0) is 41.2 Å². The summed E-state index contributed by atoms with van der Waals surface area (Å²) in [5.41, 5.74) is 9.14. The lowest BCUT2D eigenvalue weighted by atomic mass is 9.85. The fourth-order valence-electron chi connectivity index (χ4n) is 2.50. The van der Waals surface area contributed by atoms with Crippen LogP contribution in [0.2, 0.25) is 0 Å². The molecule has 0 spiro atoms. The summed E-state index contributed by atoms with van der Waals surface area (Å²) in [6.45, 7) is 10.2. The lowest BCUT2D eigenvalue weighted by Gasteiger charge is -2.24. The van der Waals surface area contributed by atoms with Crippen molar-refractivity contribution in [3.05, 3.63) is 59.2 Å². The van der Waals surface area contributed by atoms with E-state index in [2.05, 4.69) is 45.9 Å². The quantitative estimate of drug-likeness (QED) is 0.813. The van der Waals surface area contributed by atoms with Gasteiger partial charge in [-0.15, -0.1) is 0 Å². The van der Waals surface area contributed by atoms with Crippen LogP contribution in [0.25, 0.3) is 0 Å². The summed E-state index contributed by atoms with van der Waals surface area (Å²) in [7, 11) is 0. The molecule has 0 saturated heterocycles. The molecule has 0 radical (unpaired) electrons. The summed E-state index contributed by atoms with van der Waals surface area (Å²) >= 11 is 0. The topological polar surface area (TPSA) is 44.5 Å². The lowest BCUT2D eigenvalue weighted by molar-refractivity contribution is 0.213. The summed E-state index contributed by atoms with van der Waals surface area (Å²) in [5.74, 6) is 1.80. The van der Waals surface area contributed by atoms with Crippen LogP contribution >= 0.6 is 0 Å². The minimum atomic E-state index is 0.0532. The molecule has 0 aliphatic heterocycles. The molecule has 0 atom stereocenters. The second kappa shape index (κ2) is 7.51. The van der Waals surface area contributed by atoms with Gasteiger partial charge in [0.15, 0.2) is 0 Å². The van der Waals surface area contributed by atoms with E-state index in [4.69, 9.17) is 15.2 Å². The van der Waals surface area contributed by atoms with Gasteiger partial charge in [0, 0.05) is 6.54 Å². The standard InChI is InChI=1S/C20H27NO2/c1-15-7-5-10-18(20(2,3)4)19(15)23-12-11-22-17-9-6-8-16(13-17)14-21/h5-10,13H,11-12,14,21H2,1-4H3.